The Morgan fingerprint density at radius 2 is 2.29 bits per heavy atom. The molecule has 1 aliphatic heterocycles. The van der Waals surface area contributed by atoms with Gasteiger partial charge in [-0.05, 0) is 26.7 Å². The number of sulfonamides is 1. The first kappa shape index (κ1) is 16.0. The number of aryl methyl sites for hydroxylation is 1. The van der Waals surface area contributed by atoms with E-state index in [4.69, 9.17) is 0 Å². The molecule has 7 nitrogen and oxygen atoms in total. The Labute approximate surface area is 124 Å². The first-order chi connectivity index (χ1) is 9.93. The Balaban J connectivity index is 2.15. The van der Waals surface area contributed by atoms with E-state index in [0.29, 0.717) is 18.7 Å². The Kier molecular flexibility index (Phi) is 5.00. The van der Waals surface area contributed by atoms with Crippen molar-refractivity contribution in [2.75, 3.05) is 12.3 Å². The molecule has 0 fully saturated rings. The average Bonchev–Trinajstić information content (AvgIpc) is 2.68. The van der Waals surface area contributed by atoms with Crippen LogP contribution in [0.25, 0.3) is 0 Å². The van der Waals surface area contributed by atoms with E-state index in [1.165, 1.54) is 4.57 Å². The van der Waals surface area contributed by atoms with Crippen LogP contribution in [0.3, 0.4) is 0 Å². The first-order valence-electron chi connectivity index (χ1n) is 7.09. The van der Waals surface area contributed by atoms with Gasteiger partial charge in [0.15, 0.2) is 5.82 Å². The fraction of sp³-hybridized carbons (Fsp3) is 0.692. The maximum absolute atomic E-state index is 12.2. The van der Waals surface area contributed by atoms with E-state index < -0.39 is 21.8 Å². The van der Waals surface area contributed by atoms with E-state index in [9.17, 15) is 13.2 Å². The quantitative estimate of drug-likeness (QED) is 0.818. The van der Waals surface area contributed by atoms with Crippen LogP contribution < -0.4 is 10.5 Å². The van der Waals surface area contributed by atoms with Crippen molar-refractivity contribution < 1.29 is 12.9 Å². The second-order valence-corrected chi connectivity index (χ2v) is 7.22. The third-order valence-corrected chi connectivity index (χ3v) is 5.14. The molecular formula is C13H21N3O4S. The number of aromatic nitrogens is 2. The summed E-state index contributed by atoms with van der Waals surface area (Å²) in [4.78, 5) is 11.7. The van der Waals surface area contributed by atoms with Crippen LogP contribution in [0.2, 0.25) is 0 Å². The zero-order valence-corrected chi connectivity index (χ0v) is 13.1. The number of nitrogens with zero attached hydrogens (tertiary/aromatic N) is 2. The second kappa shape index (κ2) is 6.57. The van der Waals surface area contributed by atoms with Gasteiger partial charge in [0.05, 0.1) is 11.8 Å². The molecule has 0 bridgehead atoms. The van der Waals surface area contributed by atoms with Crippen LogP contribution in [0.1, 0.15) is 45.0 Å². The van der Waals surface area contributed by atoms with E-state index in [0.717, 1.165) is 18.4 Å². The van der Waals surface area contributed by atoms with Crippen LogP contribution in [0, 0.1) is 0 Å². The molecule has 0 aromatic carbocycles. The summed E-state index contributed by atoms with van der Waals surface area (Å²) in [6, 6.07) is -0.412. The maximum Gasteiger partial charge on any atom is 0.441 e. The van der Waals surface area contributed by atoms with Gasteiger partial charge >= 0.3 is 5.76 Å². The summed E-state index contributed by atoms with van der Waals surface area (Å²) >= 11 is 0. The third-order valence-electron chi connectivity index (χ3n) is 3.73. The number of allylic oxidation sites excluding steroid dienone is 1. The highest BCUT2D eigenvalue weighted by atomic mass is 32.2. The lowest BCUT2D eigenvalue weighted by Gasteiger charge is -2.16. The molecule has 0 radical (unpaired) electrons. The largest absolute Gasteiger partial charge is 0.441 e. The molecule has 2 rings (SSSR count). The maximum atomic E-state index is 12.2. The fourth-order valence-electron chi connectivity index (χ4n) is 2.40. The van der Waals surface area contributed by atoms with Gasteiger partial charge in [-0.2, -0.15) is 0 Å². The van der Waals surface area contributed by atoms with E-state index in [-0.39, 0.29) is 12.3 Å². The van der Waals surface area contributed by atoms with Crippen LogP contribution in [-0.2, 0) is 16.4 Å². The highest BCUT2D eigenvalue weighted by Crippen LogP contribution is 2.22. The summed E-state index contributed by atoms with van der Waals surface area (Å²) in [5, 5.41) is 3.74. The number of nitrogens with one attached hydrogen (secondary N) is 1. The molecule has 1 N–H and O–H groups in total. The summed E-state index contributed by atoms with van der Waals surface area (Å²) in [5.74, 6) is -0.156. The SMILES string of the molecule is C/C=C(/C)CNS(=O)(=O)CC1CCCCc2noc(=O)n21. The zero-order valence-electron chi connectivity index (χ0n) is 12.3. The molecule has 1 aromatic heterocycles. The van der Waals surface area contributed by atoms with E-state index in [2.05, 4.69) is 14.4 Å². The number of fused-ring (bicyclic) bond motifs is 1. The molecule has 0 saturated carbocycles. The van der Waals surface area contributed by atoms with Gasteiger partial charge in [-0.1, -0.05) is 23.2 Å². The van der Waals surface area contributed by atoms with E-state index in [1.54, 1.807) is 0 Å². The summed E-state index contributed by atoms with van der Waals surface area (Å²) < 4.78 is 33.0. The minimum atomic E-state index is -3.46. The Morgan fingerprint density at radius 1 is 1.52 bits per heavy atom. The predicted octanol–water partition coefficient (Wildman–Crippen LogP) is 0.989. The van der Waals surface area contributed by atoms with Gasteiger partial charge in [0.1, 0.15) is 0 Å². The van der Waals surface area contributed by atoms with Crippen molar-refractivity contribution in [3.05, 3.63) is 28.0 Å². The highest BCUT2D eigenvalue weighted by Gasteiger charge is 2.27. The fourth-order valence-corrected chi connectivity index (χ4v) is 3.79. The molecule has 2 heterocycles. The number of rotatable bonds is 5. The monoisotopic (exact) mass is 315 g/mol. The minimum Gasteiger partial charge on any atom is -0.296 e. The second-order valence-electron chi connectivity index (χ2n) is 5.37. The number of hydrogen-bond donors (Lipinski definition) is 1. The van der Waals surface area contributed by atoms with Crippen molar-refractivity contribution in [1.82, 2.24) is 14.4 Å². The lowest BCUT2D eigenvalue weighted by atomic mass is 10.1. The van der Waals surface area contributed by atoms with Crippen molar-refractivity contribution in [3.8, 4) is 0 Å². The summed E-state index contributed by atoms with van der Waals surface area (Å²) in [6.45, 7) is 4.01. The van der Waals surface area contributed by atoms with Gasteiger partial charge < -0.3 is 0 Å². The Morgan fingerprint density at radius 3 is 3.00 bits per heavy atom. The van der Waals surface area contributed by atoms with Gasteiger partial charge in [0.25, 0.3) is 0 Å². The third kappa shape index (κ3) is 4.04. The van der Waals surface area contributed by atoms with Crippen LogP contribution in [0.5, 0.6) is 0 Å². The molecule has 1 aromatic rings. The van der Waals surface area contributed by atoms with Gasteiger partial charge in [-0.3, -0.25) is 9.09 Å². The molecule has 0 amide bonds. The minimum absolute atomic E-state index is 0.127. The smallest absolute Gasteiger partial charge is 0.296 e. The van der Waals surface area contributed by atoms with Crippen LogP contribution in [-0.4, -0.2) is 30.4 Å². The number of hydrogen-bond acceptors (Lipinski definition) is 5. The molecule has 8 heteroatoms. The van der Waals surface area contributed by atoms with Crippen LogP contribution in [0.15, 0.2) is 21.0 Å². The molecule has 21 heavy (non-hydrogen) atoms. The molecule has 1 unspecified atom stereocenters. The summed E-state index contributed by atoms with van der Waals surface area (Å²) in [6.07, 6.45) is 4.90. The Hall–Kier alpha value is -1.41. The molecule has 118 valence electrons. The van der Waals surface area contributed by atoms with Crippen molar-refractivity contribution >= 4 is 10.0 Å². The standard InChI is InChI=1S/C13H21N3O4S/c1-3-10(2)8-14-21(18,19)9-11-6-4-5-7-12-15-20-13(17)16(11)12/h3,11,14H,4-9H2,1-2H3/b10-3-. The van der Waals surface area contributed by atoms with Gasteiger partial charge in [0.2, 0.25) is 10.0 Å². The topological polar surface area (TPSA) is 94.2 Å². The highest BCUT2D eigenvalue weighted by molar-refractivity contribution is 7.89. The predicted molar refractivity (Wildman–Crippen MR) is 78.6 cm³/mol. The van der Waals surface area contributed by atoms with Crippen molar-refractivity contribution in [1.29, 1.82) is 0 Å². The summed E-state index contributed by atoms with van der Waals surface area (Å²) in [5.41, 5.74) is 0.947. The molecule has 0 spiro atoms. The normalized spacial score (nSPS) is 20.1. The van der Waals surface area contributed by atoms with E-state index >= 15 is 0 Å². The van der Waals surface area contributed by atoms with Gasteiger partial charge in [-0.25, -0.2) is 17.9 Å². The molecule has 1 aliphatic rings. The van der Waals surface area contributed by atoms with Crippen molar-refractivity contribution in [2.24, 2.45) is 0 Å². The van der Waals surface area contributed by atoms with Gasteiger partial charge in [0, 0.05) is 13.0 Å². The molecule has 0 saturated heterocycles. The van der Waals surface area contributed by atoms with Crippen molar-refractivity contribution in [3.63, 3.8) is 0 Å². The molecule has 1 atom stereocenters. The lowest BCUT2D eigenvalue weighted by molar-refractivity contribution is 0.358. The first-order valence-corrected chi connectivity index (χ1v) is 8.74. The van der Waals surface area contributed by atoms with E-state index in [1.807, 2.05) is 19.9 Å². The van der Waals surface area contributed by atoms with Crippen LogP contribution in [0.4, 0.5) is 0 Å². The van der Waals surface area contributed by atoms with Gasteiger partial charge in [-0.15, -0.1) is 0 Å². The van der Waals surface area contributed by atoms with Crippen molar-refractivity contribution in [2.45, 2.75) is 45.6 Å². The Bertz CT molecular complexity index is 672. The van der Waals surface area contributed by atoms with Crippen LogP contribution >= 0.6 is 0 Å². The summed E-state index contributed by atoms with van der Waals surface area (Å²) in [7, 11) is -3.46. The lowest BCUT2D eigenvalue weighted by Crippen LogP contribution is -2.34. The zero-order chi connectivity index (χ0) is 15.5. The molecule has 0 aliphatic carbocycles. The molecular weight excluding hydrogens is 294 g/mol. The average molecular weight is 315 g/mol.